The van der Waals surface area contributed by atoms with E-state index in [4.69, 9.17) is 4.74 Å². The second-order valence-electron chi connectivity index (χ2n) is 9.55. The smallest absolute Gasteiger partial charge is 0.248 e. The van der Waals surface area contributed by atoms with Gasteiger partial charge in [0.15, 0.2) is 5.82 Å². The average molecular weight is 501 g/mol. The van der Waals surface area contributed by atoms with E-state index in [1.165, 1.54) is 12.8 Å². The molecule has 1 aliphatic heterocycles. The van der Waals surface area contributed by atoms with Crippen LogP contribution >= 0.6 is 0 Å². The van der Waals surface area contributed by atoms with Crippen molar-refractivity contribution in [2.75, 3.05) is 43.5 Å². The summed E-state index contributed by atoms with van der Waals surface area (Å²) >= 11 is 0. The van der Waals surface area contributed by atoms with E-state index in [-0.39, 0.29) is 17.7 Å². The van der Waals surface area contributed by atoms with Crippen LogP contribution in [0.15, 0.2) is 60.9 Å². The number of anilines is 2. The molecule has 1 aromatic carbocycles. The summed E-state index contributed by atoms with van der Waals surface area (Å²) in [6.45, 7) is 5.78. The van der Waals surface area contributed by atoms with E-state index < -0.39 is 0 Å². The molecule has 2 aliphatic rings. The molecule has 9 heteroatoms. The molecule has 0 radical (unpaired) electrons. The molecule has 2 amide bonds. The van der Waals surface area contributed by atoms with Crippen molar-refractivity contribution in [3.63, 3.8) is 0 Å². The van der Waals surface area contributed by atoms with Crippen molar-refractivity contribution in [3.05, 3.63) is 72.2 Å². The van der Waals surface area contributed by atoms with Gasteiger partial charge in [0.25, 0.3) is 0 Å². The Bertz CT molecular complexity index is 1280. The third-order valence-electron chi connectivity index (χ3n) is 6.77. The van der Waals surface area contributed by atoms with Gasteiger partial charge in [-0.25, -0.2) is 0 Å². The number of hydrogen-bond acceptors (Lipinski definition) is 6. The first kappa shape index (κ1) is 24.9. The van der Waals surface area contributed by atoms with Crippen molar-refractivity contribution in [1.82, 2.24) is 20.1 Å². The van der Waals surface area contributed by atoms with Crippen molar-refractivity contribution in [2.45, 2.75) is 31.6 Å². The number of morpholine rings is 1. The maximum Gasteiger partial charge on any atom is 0.248 e. The van der Waals surface area contributed by atoms with Crippen LogP contribution in [0.3, 0.4) is 0 Å². The summed E-state index contributed by atoms with van der Waals surface area (Å²) in [6.07, 6.45) is 9.14. The number of amides is 2. The van der Waals surface area contributed by atoms with E-state index in [1.807, 2.05) is 43.3 Å². The molecule has 3 N–H and O–H groups in total. The summed E-state index contributed by atoms with van der Waals surface area (Å²) in [4.78, 5) is 32.0. The average Bonchev–Trinajstić information content (AvgIpc) is 3.67. The van der Waals surface area contributed by atoms with Crippen LogP contribution in [0.25, 0.3) is 11.1 Å². The number of ether oxygens (including phenoxy) is 1. The molecular weight excluding hydrogens is 468 g/mol. The van der Waals surface area contributed by atoms with Crippen LogP contribution in [0.2, 0.25) is 0 Å². The Morgan fingerprint density at radius 3 is 2.84 bits per heavy atom. The number of carbonyl (C=O) groups excluding carboxylic acids is 2. The molecule has 1 saturated carbocycles. The van der Waals surface area contributed by atoms with Crippen molar-refractivity contribution < 1.29 is 14.3 Å². The lowest BCUT2D eigenvalue weighted by molar-refractivity contribution is -0.117. The summed E-state index contributed by atoms with van der Waals surface area (Å²) in [6, 6.07) is 11.4. The molecule has 2 fully saturated rings. The van der Waals surface area contributed by atoms with Gasteiger partial charge in [-0.15, -0.1) is 0 Å². The van der Waals surface area contributed by atoms with Gasteiger partial charge in [-0.2, -0.15) is 5.10 Å². The summed E-state index contributed by atoms with van der Waals surface area (Å²) in [7, 11) is 0. The van der Waals surface area contributed by atoms with E-state index in [2.05, 4.69) is 30.7 Å². The van der Waals surface area contributed by atoms with E-state index in [1.54, 1.807) is 24.5 Å². The van der Waals surface area contributed by atoms with Crippen LogP contribution in [-0.2, 0) is 14.3 Å². The fourth-order valence-electron chi connectivity index (χ4n) is 4.37. The molecule has 0 bridgehead atoms. The minimum absolute atomic E-state index is 0.129. The number of benzene rings is 1. The van der Waals surface area contributed by atoms with Crippen LogP contribution in [-0.4, -0.2) is 64.7 Å². The Kier molecular flexibility index (Phi) is 7.72. The molecule has 0 spiro atoms. The van der Waals surface area contributed by atoms with E-state index in [0.717, 1.165) is 48.7 Å². The molecule has 192 valence electrons. The number of aromatic nitrogens is 3. The number of nitrogens with one attached hydrogen (secondary N) is 3. The van der Waals surface area contributed by atoms with E-state index in [9.17, 15) is 9.59 Å². The molecular formula is C28H32N6O3. The quantitative estimate of drug-likeness (QED) is 0.384. The lowest BCUT2D eigenvalue weighted by atomic mass is 9.95. The van der Waals surface area contributed by atoms with Gasteiger partial charge in [0.2, 0.25) is 11.8 Å². The molecule has 1 unspecified atom stereocenters. The minimum atomic E-state index is -0.390. The monoisotopic (exact) mass is 500 g/mol. The summed E-state index contributed by atoms with van der Waals surface area (Å²) < 4.78 is 5.36. The topological polar surface area (TPSA) is 112 Å². The molecule has 3 aromatic rings. The lowest BCUT2D eigenvalue weighted by Gasteiger charge is -2.25. The van der Waals surface area contributed by atoms with Gasteiger partial charge in [0.1, 0.15) is 0 Å². The van der Waals surface area contributed by atoms with E-state index >= 15 is 0 Å². The highest BCUT2D eigenvalue weighted by Gasteiger charge is 2.26. The van der Waals surface area contributed by atoms with Crippen molar-refractivity contribution >= 4 is 23.3 Å². The fraction of sp³-hybridized carbons (Fsp3) is 0.357. The maximum absolute atomic E-state index is 12.9. The first-order chi connectivity index (χ1) is 18.1. The van der Waals surface area contributed by atoms with Gasteiger partial charge in [0, 0.05) is 61.3 Å². The Balaban J connectivity index is 1.24. The van der Waals surface area contributed by atoms with Crippen molar-refractivity contribution in [2.24, 2.45) is 0 Å². The molecule has 1 saturated heterocycles. The number of pyridine rings is 1. The number of hydrogen-bond donors (Lipinski definition) is 3. The summed E-state index contributed by atoms with van der Waals surface area (Å²) in [5.41, 5.74) is 4.25. The van der Waals surface area contributed by atoms with Crippen LogP contribution in [0.4, 0.5) is 11.5 Å². The first-order valence-electron chi connectivity index (χ1n) is 12.7. The predicted octanol–water partition coefficient (Wildman–Crippen LogP) is 3.92. The maximum atomic E-state index is 12.9. The van der Waals surface area contributed by atoms with Crippen molar-refractivity contribution in [3.8, 4) is 11.1 Å². The second kappa shape index (κ2) is 11.5. The molecule has 1 atom stereocenters. The van der Waals surface area contributed by atoms with Gasteiger partial charge in [-0.05, 0) is 37.0 Å². The molecule has 2 aromatic heterocycles. The van der Waals surface area contributed by atoms with Crippen LogP contribution in [0.1, 0.15) is 42.9 Å². The van der Waals surface area contributed by atoms with Gasteiger partial charge < -0.3 is 15.4 Å². The second-order valence-corrected chi connectivity index (χ2v) is 9.55. The Labute approximate surface area is 216 Å². The van der Waals surface area contributed by atoms with Crippen LogP contribution < -0.4 is 10.6 Å². The number of nitrogens with zero attached hydrogens (tertiary/aromatic N) is 3. The van der Waals surface area contributed by atoms with Gasteiger partial charge in [0.05, 0.1) is 24.8 Å². The minimum Gasteiger partial charge on any atom is -0.379 e. The zero-order valence-corrected chi connectivity index (χ0v) is 20.9. The molecule has 37 heavy (non-hydrogen) atoms. The fourth-order valence-corrected chi connectivity index (χ4v) is 4.37. The van der Waals surface area contributed by atoms with Gasteiger partial charge in [-0.1, -0.05) is 30.3 Å². The van der Waals surface area contributed by atoms with Crippen molar-refractivity contribution in [1.29, 1.82) is 0 Å². The van der Waals surface area contributed by atoms with Gasteiger partial charge in [-0.3, -0.25) is 24.6 Å². The number of aromatic amines is 1. The lowest BCUT2D eigenvalue weighted by Crippen LogP contribution is -2.36. The van der Waals surface area contributed by atoms with Gasteiger partial charge >= 0.3 is 0 Å². The highest BCUT2D eigenvalue weighted by molar-refractivity contribution is 6.02. The zero-order valence-electron chi connectivity index (χ0n) is 20.9. The molecule has 1 aliphatic carbocycles. The third kappa shape index (κ3) is 6.49. The predicted molar refractivity (Wildman–Crippen MR) is 142 cm³/mol. The highest BCUT2D eigenvalue weighted by atomic mass is 16.5. The Morgan fingerprint density at radius 2 is 2.03 bits per heavy atom. The standard InChI is InChI=1S/C28H32N6O3/c1-19(28(36)31-26-17-25(32-33-26)20-7-8-20)21-4-2-5-22(16-21)23-18-29-10-9-24(23)30-27(35)6-3-11-34-12-14-37-15-13-34/h2-6,9-10,16-20H,7-8,11-15H2,1H3,(H,29,30,35)(H2,31,32,33,36). The zero-order chi connectivity index (χ0) is 25.6. The number of H-pyrrole nitrogens is 1. The molecule has 3 heterocycles. The molecule has 9 nitrogen and oxygen atoms in total. The SMILES string of the molecule is CC(C(=O)Nc1cc(C2CC2)[nH]n1)c1cccc(-c2cnccc2NC(=O)C=CCN2CCOCC2)c1. The third-order valence-corrected chi connectivity index (χ3v) is 6.77. The largest absolute Gasteiger partial charge is 0.379 e. The molecule has 5 rings (SSSR count). The normalized spacial score (nSPS) is 17.0. The summed E-state index contributed by atoms with van der Waals surface area (Å²) in [5, 5.41) is 13.1. The van der Waals surface area contributed by atoms with E-state index in [0.29, 0.717) is 24.0 Å². The number of rotatable bonds is 9. The first-order valence-corrected chi connectivity index (χ1v) is 12.7. The van der Waals surface area contributed by atoms with Crippen LogP contribution in [0.5, 0.6) is 0 Å². The Hall–Kier alpha value is -3.82. The highest BCUT2D eigenvalue weighted by Crippen LogP contribution is 2.39. The Morgan fingerprint density at radius 1 is 1.19 bits per heavy atom. The number of carbonyl (C=O) groups is 2. The summed E-state index contributed by atoms with van der Waals surface area (Å²) in [5.74, 6) is 0.375. The van der Waals surface area contributed by atoms with Crippen LogP contribution in [0, 0.1) is 0 Å².